The molecule has 0 aliphatic carbocycles. The molecule has 0 amide bonds. The van der Waals surface area contributed by atoms with Crippen LogP contribution in [0.3, 0.4) is 0 Å². The molecule has 1 heterocycles. The summed E-state index contributed by atoms with van der Waals surface area (Å²) in [5.41, 5.74) is 0. The zero-order valence-corrected chi connectivity index (χ0v) is 8.38. The normalized spacial score (nSPS) is 25.1. The topological polar surface area (TPSA) is 21.3 Å². The summed E-state index contributed by atoms with van der Waals surface area (Å²) >= 11 is 0. The Kier molecular flexibility index (Phi) is 4.88. The van der Waals surface area contributed by atoms with E-state index >= 15 is 0 Å². The van der Waals surface area contributed by atoms with Gasteiger partial charge in [0.2, 0.25) is 0 Å². The Hall–Kier alpha value is -0.520. The van der Waals surface area contributed by atoms with Gasteiger partial charge in [-0.15, -0.1) is 12.3 Å². The van der Waals surface area contributed by atoms with E-state index in [9.17, 15) is 0 Å². The molecular weight excluding hydrogens is 162 g/mol. The quantitative estimate of drug-likeness (QED) is 0.662. The first-order chi connectivity index (χ1) is 6.33. The molecular formula is C11H19NO. The van der Waals surface area contributed by atoms with E-state index < -0.39 is 0 Å². The van der Waals surface area contributed by atoms with Crippen LogP contribution in [0.1, 0.15) is 26.2 Å². The molecule has 2 atom stereocenters. The minimum Gasteiger partial charge on any atom is -0.381 e. The second-order valence-corrected chi connectivity index (χ2v) is 3.80. The molecule has 1 aliphatic heterocycles. The minimum absolute atomic E-state index is 0.437. The van der Waals surface area contributed by atoms with Gasteiger partial charge < -0.3 is 10.1 Å². The lowest BCUT2D eigenvalue weighted by molar-refractivity contribution is 0.0541. The largest absolute Gasteiger partial charge is 0.381 e. The van der Waals surface area contributed by atoms with Gasteiger partial charge in [-0.1, -0.05) is 0 Å². The highest BCUT2D eigenvalue weighted by atomic mass is 16.5. The van der Waals surface area contributed by atoms with E-state index in [1.807, 2.05) is 0 Å². The molecule has 1 saturated heterocycles. The third-order valence-electron chi connectivity index (χ3n) is 2.43. The van der Waals surface area contributed by atoms with Gasteiger partial charge in [-0.25, -0.2) is 0 Å². The van der Waals surface area contributed by atoms with Crippen molar-refractivity contribution >= 4 is 0 Å². The van der Waals surface area contributed by atoms with Crippen molar-refractivity contribution in [3.8, 4) is 12.3 Å². The average Bonchev–Trinajstić information content (AvgIpc) is 2.17. The van der Waals surface area contributed by atoms with Gasteiger partial charge >= 0.3 is 0 Å². The molecule has 0 saturated carbocycles. The highest BCUT2D eigenvalue weighted by molar-refractivity contribution is 4.88. The Morgan fingerprint density at radius 2 is 2.54 bits per heavy atom. The number of nitrogens with one attached hydrogen (secondary N) is 1. The van der Waals surface area contributed by atoms with Gasteiger partial charge in [0.25, 0.3) is 0 Å². The van der Waals surface area contributed by atoms with E-state index in [0.717, 1.165) is 26.2 Å². The molecule has 1 rings (SSSR count). The van der Waals surface area contributed by atoms with Crippen LogP contribution >= 0.6 is 0 Å². The predicted molar refractivity (Wildman–Crippen MR) is 54.5 cm³/mol. The van der Waals surface area contributed by atoms with Crippen molar-refractivity contribution in [2.24, 2.45) is 5.92 Å². The van der Waals surface area contributed by atoms with Crippen molar-refractivity contribution in [3.63, 3.8) is 0 Å². The van der Waals surface area contributed by atoms with Crippen LogP contribution in [-0.2, 0) is 4.74 Å². The summed E-state index contributed by atoms with van der Waals surface area (Å²) in [6.07, 6.45) is 8.53. The first-order valence-electron chi connectivity index (χ1n) is 5.07. The fourth-order valence-electron chi connectivity index (χ4n) is 1.59. The monoisotopic (exact) mass is 181 g/mol. The molecule has 2 nitrogen and oxygen atoms in total. The maximum absolute atomic E-state index is 5.39. The van der Waals surface area contributed by atoms with Crippen molar-refractivity contribution in [1.82, 2.24) is 5.32 Å². The van der Waals surface area contributed by atoms with E-state index in [1.54, 1.807) is 0 Å². The van der Waals surface area contributed by atoms with Gasteiger partial charge in [-0.3, -0.25) is 0 Å². The lowest BCUT2D eigenvalue weighted by Crippen LogP contribution is -2.34. The zero-order chi connectivity index (χ0) is 9.52. The van der Waals surface area contributed by atoms with Crippen molar-refractivity contribution in [3.05, 3.63) is 0 Å². The average molecular weight is 181 g/mol. The van der Waals surface area contributed by atoms with Crippen molar-refractivity contribution in [1.29, 1.82) is 0 Å². The van der Waals surface area contributed by atoms with Gasteiger partial charge in [0, 0.05) is 25.6 Å². The molecule has 13 heavy (non-hydrogen) atoms. The third kappa shape index (κ3) is 4.31. The molecule has 1 aliphatic rings. The molecule has 0 bridgehead atoms. The van der Waals surface area contributed by atoms with Crippen LogP contribution in [0.15, 0.2) is 0 Å². The van der Waals surface area contributed by atoms with Crippen LogP contribution in [0, 0.1) is 18.3 Å². The van der Waals surface area contributed by atoms with Crippen LogP contribution in [0.5, 0.6) is 0 Å². The molecule has 1 fully saturated rings. The summed E-state index contributed by atoms with van der Waals surface area (Å²) in [5, 5.41) is 3.43. The fourth-order valence-corrected chi connectivity index (χ4v) is 1.59. The first kappa shape index (κ1) is 10.6. The first-order valence-corrected chi connectivity index (χ1v) is 5.07. The summed E-state index contributed by atoms with van der Waals surface area (Å²) in [7, 11) is 0. The van der Waals surface area contributed by atoms with E-state index in [1.165, 1.54) is 12.8 Å². The Morgan fingerprint density at radius 3 is 3.15 bits per heavy atom. The van der Waals surface area contributed by atoms with Crippen LogP contribution in [0.2, 0.25) is 0 Å². The van der Waals surface area contributed by atoms with Gasteiger partial charge in [0.15, 0.2) is 0 Å². The lowest BCUT2D eigenvalue weighted by atomic mass is 10.0. The number of terminal acetylenes is 1. The van der Waals surface area contributed by atoms with Gasteiger partial charge in [0.05, 0.1) is 6.61 Å². The number of ether oxygens (including phenoxy) is 1. The third-order valence-corrected chi connectivity index (χ3v) is 2.43. The molecule has 0 aromatic carbocycles. The van der Waals surface area contributed by atoms with E-state index in [0.29, 0.717) is 12.0 Å². The SMILES string of the molecule is C#CCC(C)NCC1CCCOC1. The van der Waals surface area contributed by atoms with Crippen molar-refractivity contribution < 1.29 is 4.74 Å². The molecule has 0 spiro atoms. The highest BCUT2D eigenvalue weighted by Crippen LogP contribution is 2.12. The Labute approximate surface area is 81.0 Å². The predicted octanol–water partition coefficient (Wildman–Crippen LogP) is 1.41. The second kappa shape index (κ2) is 6.01. The zero-order valence-electron chi connectivity index (χ0n) is 8.38. The summed E-state index contributed by atoms with van der Waals surface area (Å²) in [6.45, 7) is 5.03. The molecule has 2 heteroatoms. The van der Waals surface area contributed by atoms with Gasteiger partial charge in [-0.2, -0.15) is 0 Å². The molecule has 0 radical (unpaired) electrons. The van der Waals surface area contributed by atoms with Crippen molar-refractivity contribution in [2.75, 3.05) is 19.8 Å². The number of hydrogen-bond acceptors (Lipinski definition) is 2. The summed E-state index contributed by atoms with van der Waals surface area (Å²) in [5.74, 6) is 3.35. The molecule has 0 aromatic rings. The second-order valence-electron chi connectivity index (χ2n) is 3.80. The van der Waals surface area contributed by atoms with Crippen LogP contribution in [0.25, 0.3) is 0 Å². The van der Waals surface area contributed by atoms with Crippen LogP contribution < -0.4 is 5.32 Å². The maximum atomic E-state index is 5.39. The van der Waals surface area contributed by atoms with E-state index in [-0.39, 0.29) is 0 Å². The van der Waals surface area contributed by atoms with E-state index in [2.05, 4.69) is 18.2 Å². The highest BCUT2D eigenvalue weighted by Gasteiger charge is 2.13. The Bertz CT molecular complexity index is 167. The fraction of sp³-hybridized carbons (Fsp3) is 0.818. The molecule has 0 aromatic heterocycles. The van der Waals surface area contributed by atoms with Crippen molar-refractivity contribution in [2.45, 2.75) is 32.2 Å². The van der Waals surface area contributed by atoms with Crippen LogP contribution in [-0.4, -0.2) is 25.8 Å². The standard InChI is InChI=1S/C11H19NO/c1-3-5-10(2)12-8-11-6-4-7-13-9-11/h1,10-12H,4-9H2,2H3. The molecule has 74 valence electrons. The summed E-state index contributed by atoms with van der Waals surface area (Å²) < 4.78 is 5.39. The van der Waals surface area contributed by atoms with Gasteiger partial charge in [0.1, 0.15) is 0 Å². The smallest absolute Gasteiger partial charge is 0.0506 e. The molecule has 2 unspecified atom stereocenters. The van der Waals surface area contributed by atoms with Crippen LogP contribution in [0.4, 0.5) is 0 Å². The summed E-state index contributed by atoms with van der Waals surface area (Å²) in [6, 6.07) is 0.437. The summed E-state index contributed by atoms with van der Waals surface area (Å²) in [4.78, 5) is 0. The Morgan fingerprint density at radius 1 is 1.69 bits per heavy atom. The lowest BCUT2D eigenvalue weighted by Gasteiger charge is -2.23. The Balaban J connectivity index is 2.07. The maximum Gasteiger partial charge on any atom is 0.0506 e. The van der Waals surface area contributed by atoms with Gasteiger partial charge in [-0.05, 0) is 25.7 Å². The number of hydrogen-bond donors (Lipinski definition) is 1. The number of rotatable bonds is 4. The minimum atomic E-state index is 0.437. The van der Waals surface area contributed by atoms with E-state index in [4.69, 9.17) is 11.2 Å². The molecule has 1 N–H and O–H groups in total.